The molecular formula is C13H17NO. The maximum Gasteiger partial charge on any atom is 0.253 e. The molecule has 0 saturated heterocycles. The lowest BCUT2D eigenvalue weighted by Crippen LogP contribution is -2.30. The number of amides is 1. The Morgan fingerprint density at radius 2 is 1.87 bits per heavy atom. The lowest BCUT2D eigenvalue weighted by atomic mass is 10.2. The van der Waals surface area contributed by atoms with Crippen molar-refractivity contribution in [1.82, 2.24) is 0 Å². The van der Waals surface area contributed by atoms with Crippen LogP contribution in [-0.2, 0) is 4.79 Å². The molecule has 0 fully saturated rings. The van der Waals surface area contributed by atoms with Gasteiger partial charge in [0.2, 0.25) is 0 Å². The van der Waals surface area contributed by atoms with Gasteiger partial charge >= 0.3 is 0 Å². The average Bonchev–Trinajstić information content (AvgIpc) is 2.21. The van der Waals surface area contributed by atoms with Crippen molar-refractivity contribution in [1.29, 1.82) is 0 Å². The Morgan fingerprint density at radius 3 is 2.27 bits per heavy atom. The van der Waals surface area contributed by atoms with Crippen molar-refractivity contribution < 1.29 is 4.79 Å². The van der Waals surface area contributed by atoms with Crippen LogP contribution in [0.3, 0.4) is 0 Å². The number of benzene rings is 1. The molecule has 0 aliphatic carbocycles. The molecule has 0 aliphatic rings. The molecule has 80 valence electrons. The Hall–Kier alpha value is -1.57. The summed E-state index contributed by atoms with van der Waals surface area (Å²) in [6, 6.07) is 7.92. The minimum Gasteiger partial charge on any atom is -0.309 e. The van der Waals surface area contributed by atoms with Gasteiger partial charge in [-0.3, -0.25) is 4.79 Å². The fourth-order valence-electron chi connectivity index (χ4n) is 1.40. The fraction of sp³-hybridized carbons (Fsp3) is 0.308. The van der Waals surface area contributed by atoms with Crippen LogP contribution in [0.2, 0.25) is 0 Å². The van der Waals surface area contributed by atoms with Gasteiger partial charge in [-0.05, 0) is 32.9 Å². The lowest BCUT2D eigenvalue weighted by Gasteiger charge is -2.21. The molecule has 0 saturated carbocycles. The molecule has 1 rings (SSSR count). The van der Waals surface area contributed by atoms with Crippen LogP contribution in [0.25, 0.3) is 0 Å². The van der Waals surface area contributed by atoms with E-state index in [4.69, 9.17) is 0 Å². The number of rotatable bonds is 3. The van der Waals surface area contributed by atoms with E-state index in [-0.39, 0.29) is 5.91 Å². The van der Waals surface area contributed by atoms with Crippen molar-refractivity contribution >= 4 is 11.6 Å². The largest absolute Gasteiger partial charge is 0.309 e. The molecule has 0 aliphatic heterocycles. The first-order valence-electron chi connectivity index (χ1n) is 5.10. The molecule has 15 heavy (non-hydrogen) atoms. The fourth-order valence-corrected chi connectivity index (χ4v) is 1.40. The van der Waals surface area contributed by atoms with Gasteiger partial charge in [0.25, 0.3) is 5.91 Å². The van der Waals surface area contributed by atoms with Crippen molar-refractivity contribution in [2.75, 3.05) is 11.4 Å². The van der Waals surface area contributed by atoms with Crippen molar-refractivity contribution in [3.8, 4) is 0 Å². The highest BCUT2D eigenvalue weighted by Gasteiger charge is 2.13. The number of hydrogen-bond acceptors (Lipinski definition) is 1. The van der Waals surface area contributed by atoms with Gasteiger partial charge in [-0.2, -0.15) is 0 Å². The summed E-state index contributed by atoms with van der Waals surface area (Å²) in [4.78, 5) is 13.5. The zero-order valence-corrected chi connectivity index (χ0v) is 9.58. The zero-order chi connectivity index (χ0) is 11.4. The van der Waals surface area contributed by atoms with Gasteiger partial charge in [-0.1, -0.05) is 24.3 Å². The van der Waals surface area contributed by atoms with Crippen LogP contribution >= 0.6 is 0 Å². The van der Waals surface area contributed by atoms with Gasteiger partial charge in [-0.15, -0.1) is 0 Å². The quantitative estimate of drug-likeness (QED) is 0.692. The number of carbonyl (C=O) groups is 1. The molecule has 0 atom stereocenters. The molecule has 0 radical (unpaired) electrons. The van der Waals surface area contributed by atoms with Crippen LogP contribution in [0.5, 0.6) is 0 Å². The molecule has 2 nitrogen and oxygen atoms in total. The maximum absolute atomic E-state index is 11.8. The Kier molecular flexibility index (Phi) is 3.67. The summed E-state index contributed by atoms with van der Waals surface area (Å²) in [6.07, 6.45) is 0. The third-order valence-electron chi connectivity index (χ3n) is 2.27. The molecule has 1 aromatic carbocycles. The van der Waals surface area contributed by atoms with E-state index in [9.17, 15) is 4.79 Å². The van der Waals surface area contributed by atoms with Crippen molar-refractivity contribution in [3.05, 3.63) is 42.0 Å². The first-order valence-corrected chi connectivity index (χ1v) is 5.10. The minimum absolute atomic E-state index is 0.0126. The van der Waals surface area contributed by atoms with Crippen LogP contribution in [0.1, 0.15) is 19.4 Å². The van der Waals surface area contributed by atoms with Gasteiger partial charge in [0.15, 0.2) is 0 Å². The van der Waals surface area contributed by atoms with E-state index >= 15 is 0 Å². The predicted octanol–water partition coefficient (Wildman–Crippen LogP) is 2.92. The van der Waals surface area contributed by atoms with E-state index in [2.05, 4.69) is 6.58 Å². The predicted molar refractivity (Wildman–Crippen MR) is 64.0 cm³/mol. The van der Waals surface area contributed by atoms with Crippen LogP contribution in [-0.4, -0.2) is 12.5 Å². The smallest absolute Gasteiger partial charge is 0.253 e. The van der Waals surface area contributed by atoms with Crippen LogP contribution in [0.15, 0.2) is 36.4 Å². The van der Waals surface area contributed by atoms with Crippen LogP contribution in [0, 0.1) is 6.92 Å². The van der Waals surface area contributed by atoms with E-state index < -0.39 is 0 Å². The van der Waals surface area contributed by atoms with Crippen LogP contribution < -0.4 is 4.90 Å². The highest BCUT2D eigenvalue weighted by Crippen LogP contribution is 2.16. The molecule has 0 spiro atoms. The van der Waals surface area contributed by atoms with E-state index in [0.29, 0.717) is 12.1 Å². The Morgan fingerprint density at radius 1 is 1.33 bits per heavy atom. The number of carbonyl (C=O) groups excluding carboxylic acids is 1. The highest BCUT2D eigenvalue weighted by atomic mass is 16.2. The van der Waals surface area contributed by atoms with E-state index in [1.54, 1.807) is 11.8 Å². The highest BCUT2D eigenvalue weighted by molar-refractivity contribution is 6.04. The normalized spacial score (nSPS) is 9.80. The third-order valence-corrected chi connectivity index (χ3v) is 2.27. The Bertz CT molecular complexity index is 365. The molecule has 0 N–H and O–H groups in total. The monoisotopic (exact) mass is 203 g/mol. The first kappa shape index (κ1) is 11.5. The van der Waals surface area contributed by atoms with E-state index in [0.717, 1.165) is 5.69 Å². The molecule has 2 heteroatoms. The lowest BCUT2D eigenvalue weighted by molar-refractivity contribution is -0.115. The molecule has 0 heterocycles. The third kappa shape index (κ3) is 2.69. The summed E-state index contributed by atoms with van der Waals surface area (Å²) in [5, 5.41) is 0. The molecule has 0 unspecified atom stereocenters. The summed E-state index contributed by atoms with van der Waals surface area (Å²) in [5.41, 5.74) is 2.69. The number of likely N-dealkylation sites (N-methyl/N-ethyl adjacent to an activating group) is 1. The number of aryl methyl sites for hydroxylation is 1. The van der Waals surface area contributed by atoms with Crippen molar-refractivity contribution in [3.63, 3.8) is 0 Å². The van der Waals surface area contributed by atoms with E-state index in [1.165, 1.54) is 5.56 Å². The summed E-state index contributed by atoms with van der Waals surface area (Å²) in [7, 11) is 0. The summed E-state index contributed by atoms with van der Waals surface area (Å²) in [6.45, 7) is 10.1. The molecule has 0 aromatic heterocycles. The molecule has 1 aromatic rings. The average molecular weight is 203 g/mol. The van der Waals surface area contributed by atoms with Gasteiger partial charge in [0.05, 0.1) is 0 Å². The second-order valence-corrected chi connectivity index (χ2v) is 3.67. The maximum atomic E-state index is 11.8. The van der Waals surface area contributed by atoms with Gasteiger partial charge in [0.1, 0.15) is 0 Å². The van der Waals surface area contributed by atoms with Gasteiger partial charge < -0.3 is 4.90 Å². The second-order valence-electron chi connectivity index (χ2n) is 3.67. The number of hydrogen-bond donors (Lipinski definition) is 0. The molecular weight excluding hydrogens is 186 g/mol. The van der Waals surface area contributed by atoms with E-state index in [1.807, 2.05) is 38.1 Å². The summed E-state index contributed by atoms with van der Waals surface area (Å²) < 4.78 is 0. The molecule has 1 amide bonds. The SMILES string of the molecule is C=C(C)C(=O)N(CC)c1ccc(C)cc1. The second kappa shape index (κ2) is 4.78. The Balaban J connectivity index is 2.97. The Labute approximate surface area is 91.2 Å². The zero-order valence-electron chi connectivity index (χ0n) is 9.58. The van der Waals surface area contributed by atoms with Crippen molar-refractivity contribution in [2.24, 2.45) is 0 Å². The van der Waals surface area contributed by atoms with Crippen molar-refractivity contribution in [2.45, 2.75) is 20.8 Å². The summed E-state index contributed by atoms with van der Waals surface area (Å²) >= 11 is 0. The van der Waals surface area contributed by atoms with Crippen LogP contribution in [0.4, 0.5) is 5.69 Å². The standard InChI is InChI=1S/C13H17NO/c1-5-14(13(15)10(2)3)12-8-6-11(4)7-9-12/h6-9H,2,5H2,1,3-4H3. The van der Waals surface area contributed by atoms with Gasteiger partial charge in [0, 0.05) is 17.8 Å². The number of nitrogens with zero attached hydrogens (tertiary/aromatic N) is 1. The molecule has 0 bridgehead atoms. The summed E-state index contributed by atoms with van der Waals surface area (Å²) in [5.74, 6) is -0.0126. The first-order chi connectivity index (χ1) is 7.06. The number of anilines is 1. The minimum atomic E-state index is -0.0126. The van der Waals surface area contributed by atoms with Gasteiger partial charge in [-0.25, -0.2) is 0 Å². The topological polar surface area (TPSA) is 20.3 Å².